The van der Waals surface area contributed by atoms with Crippen LogP contribution in [-0.4, -0.2) is 10.9 Å². The second-order valence-electron chi connectivity index (χ2n) is 5.15. The van der Waals surface area contributed by atoms with E-state index in [0.717, 1.165) is 5.56 Å². The van der Waals surface area contributed by atoms with Crippen LogP contribution in [-0.2, 0) is 6.61 Å². The minimum atomic E-state index is -0.210. The summed E-state index contributed by atoms with van der Waals surface area (Å²) in [5, 5.41) is 10.1. The molecule has 0 saturated carbocycles. The van der Waals surface area contributed by atoms with E-state index in [0.29, 0.717) is 17.9 Å². The monoisotopic (exact) mass is 304 g/mol. The van der Waals surface area contributed by atoms with Crippen LogP contribution in [0.25, 0.3) is 0 Å². The average molecular weight is 304 g/mol. The zero-order valence-corrected chi connectivity index (χ0v) is 12.5. The van der Waals surface area contributed by atoms with Crippen molar-refractivity contribution in [3.8, 4) is 11.5 Å². The molecule has 0 aliphatic rings. The number of carbonyl (C=O) groups excluding carboxylic acids is 1. The molecular weight excluding hydrogens is 288 g/mol. The Hall–Kier alpha value is -3.07. The van der Waals surface area contributed by atoms with Crippen molar-refractivity contribution in [2.24, 2.45) is 0 Å². The number of ketones is 1. The summed E-state index contributed by atoms with van der Waals surface area (Å²) >= 11 is 0. The van der Waals surface area contributed by atoms with Gasteiger partial charge in [-0.3, -0.25) is 4.79 Å². The number of hydrogen-bond acceptors (Lipinski definition) is 3. The van der Waals surface area contributed by atoms with Gasteiger partial charge in [0.15, 0.2) is 5.78 Å². The fourth-order valence-corrected chi connectivity index (χ4v) is 2.28. The summed E-state index contributed by atoms with van der Waals surface area (Å²) < 4.78 is 5.64. The van der Waals surface area contributed by atoms with Crippen LogP contribution >= 0.6 is 0 Å². The average Bonchev–Trinajstić information content (AvgIpc) is 2.61. The van der Waals surface area contributed by atoms with E-state index in [9.17, 15) is 9.90 Å². The molecule has 0 fully saturated rings. The maximum absolute atomic E-state index is 12.4. The molecule has 0 bridgehead atoms. The minimum absolute atomic E-state index is 0.0792. The highest BCUT2D eigenvalue weighted by atomic mass is 16.5. The first kappa shape index (κ1) is 14.9. The van der Waals surface area contributed by atoms with Crippen LogP contribution in [0.4, 0.5) is 0 Å². The fraction of sp³-hybridized carbons (Fsp3) is 0.0500. The molecule has 114 valence electrons. The molecular formula is C20H16O3. The lowest BCUT2D eigenvalue weighted by molar-refractivity contribution is 0.103. The third kappa shape index (κ3) is 3.58. The number of aromatic hydroxyl groups is 1. The summed E-state index contributed by atoms with van der Waals surface area (Å²) in [6, 6.07) is 23.4. The lowest BCUT2D eigenvalue weighted by Gasteiger charge is -2.09. The van der Waals surface area contributed by atoms with Gasteiger partial charge in [0.05, 0.1) is 5.56 Å². The van der Waals surface area contributed by atoms with Gasteiger partial charge in [0, 0.05) is 11.6 Å². The van der Waals surface area contributed by atoms with Gasteiger partial charge >= 0.3 is 0 Å². The van der Waals surface area contributed by atoms with Crippen molar-refractivity contribution in [3.63, 3.8) is 0 Å². The summed E-state index contributed by atoms with van der Waals surface area (Å²) in [6.45, 7) is 0.409. The molecule has 1 N–H and O–H groups in total. The summed E-state index contributed by atoms with van der Waals surface area (Å²) in [7, 11) is 0. The molecule has 0 unspecified atom stereocenters. The largest absolute Gasteiger partial charge is 0.507 e. The molecule has 3 heteroatoms. The summed E-state index contributed by atoms with van der Waals surface area (Å²) in [5.41, 5.74) is 1.85. The van der Waals surface area contributed by atoms with Gasteiger partial charge in [-0.25, -0.2) is 0 Å². The fourth-order valence-electron chi connectivity index (χ4n) is 2.28. The van der Waals surface area contributed by atoms with Gasteiger partial charge in [-0.05, 0) is 17.7 Å². The van der Waals surface area contributed by atoms with Gasteiger partial charge < -0.3 is 9.84 Å². The van der Waals surface area contributed by atoms with E-state index in [1.54, 1.807) is 36.4 Å². The van der Waals surface area contributed by atoms with E-state index >= 15 is 0 Å². The number of ether oxygens (including phenoxy) is 1. The minimum Gasteiger partial charge on any atom is -0.507 e. The molecule has 0 radical (unpaired) electrons. The van der Waals surface area contributed by atoms with Crippen molar-refractivity contribution in [3.05, 3.63) is 95.6 Å². The maximum Gasteiger partial charge on any atom is 0.196 e. The van der Waals surface area contributed by atoms with Crippen LogP contribution in [0.5, 0.6) is 11.5 Å². The maximum atomic E-state index is 12.4. The van der Waals surface area contributed by atoms with Crippen LogP contribution in [0, 0.1) is 0 Å². The van der Waals surface area contributed by atoms with E-state index in [1.165, 1.54) is 6.07 Å². The first-order chi connectivity index (χ1) is 11.2. The number of benzene rings is 3. The summed E-state index contributed by atoms with van der Waals surface area (Å²) in [6.07, 6.45) is 0. The second kappa shape index (κ2) is 6.79. The predicted molar refractivity (Wildman–Crippen MR) is 88.8 cm³/mol. The van der Waals surface area contributed by atoms with E-state index < -0.39 is 0 Å². The molecule has 3 nitrogen and oxygen atoms in total. The van der Waals surface area contributed by atoms with E-state index in [-0.39, 0.29) is 17.1 Å². The Kier molecular flexibility index (Phi) is 4.39. The molecule has 0 amide bonds. The molecule has 0 saturated heterocycles. The lowest BCUT2D eigenvalue weighted by atomic mass is 10.0. The van der Waals surface area contributed by atoms with Crippen LogP contribution in [0.1, 0.15) is 21.5 Å². The Balaban J connectivity index is 1.74. The van der Waals surface area contributed by atoms with Gasteiger partial charge in [-0.1, -0.05) is 60.7 Å². The van der Waals surface area contributed by atoms with E-state index in [2.05, 4.69) is 0 Å². The van der Waals surface area contributed by atoms with Gasteiger partial charge in [0.25, 0.3) is 0 Å². The molecule has 23 heavy (non-hydrogen) atoms. The normalized spacial score (nSPS) is 10.3. The van der Waals surface area contributed by atoms with Crippen molar-refractivity contribution in [1.29, 1.82) is 0 Å². The molecule has 3 aromatic rings. The molecule has 0 spiro atoms. The van der Waals surface area contributed by atoms with Gasteiger partial charge in [0.2, 0.25) is 0 Å². The molecule has 0 aliphatic heterocycles. The van der Waals surface area contributed by atoms with Crippen LogP contribution in [0.2, 0.25) is 0 Å². The Morgan fingerprint density at radius 3 is 2.17 bits per heavy atom. The van der Waals surface area contributed by atoms with E-state index in [1.807, 2.05) is 36.4 Å². The Morgan fingerprint density at radius 1 is 0.870 bits per heavy atom. The second-order valence-corrected chi connectivity index (χ2v) is 5.15. The lowest BCUT2D eigenvalue weighted by Crippen LogP contribution is -2.02. The number of hydrogen-bond donors (Lipinski definition) is 1. The highest BCUT2D eigenvalue weighted by Crippen LogP contribution is 2.26. The Morgan fingerprint density at radius 2 is 1.52 bits per heavy atom. The standard InChI is InChI=1S/C20H16O3/c21-19-13-17(23-14-15-7-3-1-4-8-15)11-12-18(19)20(22)16-9-5-2-6-10-16/h1-13,21H,14H2. The highest BCUT2D eigenvalue weighted by Gasteiger charge is 2.14. The highest BCUT2D eigenvalue weighted by molar-refractivity contribution is 6.10. The number of phenolic OH excluding ortho intramolecular Hbond substituents is 1. The van der Waals surface area contributed by atoms with Crippen molar-refractivity contribution >= 4 is 5.78 Å². The van der Waals surface area contributed by atoms with Crippen molar-refractivity contribution < 1.29 is 14.6 Å². The van der Waals surface area contributed by atoms with Gasteiger partial charge in [0.1, 0.15) is 18.1 Å². The molecule has 0 aromatic heterocycles. The molecule has 0 aliphatic carbocycles. The quantitative estimate of drug-likeness (QED) is 0.718. The summed E-state index contributed by atoms with van der Waals surface area (Å²) in [4.78, 5) is 12.4. The molecule has 3 rings (SSSR count). The van der Waals surface area contributed by atoms with Crippen LogP contribution in [0.15, 0.2) is 78.9 Å². The SMILES string of the molecule is O=C(c1ccccc1)c1ccc(OCc2ccccc2)cc1O. The van der Waals surface area contributed by atoms with Crippen LogP contribution < -0.4 is 4.74 Å². The first-order valence-corrected chi connectivity index (χ1v) is 7.33. The molecule has 0 atom stereocenters. The first-order valence-electron chi connectivity index (χ1n) is 7.33. The number of carbonyl (C=O) groups is 1. The van der Waals surface area contributed by atoms with Crippen molar-refractivity contribution in [2.75, 3.05) is 0 Å². The number of phenols is 1. The van der Waals surface area contributed by atoms with E-state index in [4.69, 9.17) is 4.74 Å². The Bertz CT molecular complexity index is 796. The molecule has 3 aromatic carbocycles. The topological polar surface area (TPSA) is 46.5 Å². The van der Waals surface area contributed by atoms with Gasteiger partial charge in [-0.2, -0.15) is 0 Å². The number of rotatable bonds is 5. The molecule has 0 heterocycles. The van der Waals surface area contributed by atoms with Crippen molar-refractivity contribution in [2.45, 2.75) is 6.61 Å². The van der Waals surface area contributed by atoms with Gasteiger partial charge in [-0.15, -0.1) is 0 Å². The third-order valence-corrected chi connectivity index (χ3v) is 3.50. The summed E-state index contributed by atoms with van der Waals surface area (Å²) in [5.74, 6) is 0.234. The smallest absolute Gasteiger partial charge is 0.196 e. The zero-order valence-electron chi connectivity index (χ0n) is 12.5. The van der Waals surface area contributed by atoms with Crippen molar-refractivity contribution in [1.82, 2.24) is 0 Å². The predicted octanol–water partition coefficient (Wildman–Crippen LogP) is 4.20. The Labute approximate surface area is 134 Å². The zero-order chi connectivity index (χ0) is 16.1. The van der Waals surface area contributed by atoms with Crippen LogP contribution in [0.3, 0.4) is 0 Å². The third-order valence-electron chi connectivity index (χ3n) is 3.50.